The van der Waals surface area contributed by atoms with Crippen LogP contribution in [0.5, 0.6) is 0 Å². The van der Waals surface area contributed by atoms with Crippen molar-refractivity contribution in [3.63, 3.8) is 0 Å². The number of esters is 2. The van der Waals surface area contributed by atoms with Gasteiger partial charge in [-0.2, -0.15) is 5.26 Å². The Balaban J connectivity index is 1.63. The van der Waals surface area contributed by atoms with E-state index in [0.29, 0.717) is 33.8 Å². The van der Waals surface area contributed by atoms with Crippen LogP contribution in [0, 0.1) is 29.1 Å². The second kappa shape index (κ2) is 11.2. The second-order valence-corrected chi connectivity index (χ2v) is 9.72. The Kier molecular flexibility index (Phi) is 8.35. The molecule has 2 aromatic carbocycles. The topological polar surface area (TPSA) is 76.4 Å². The van der Waals surface area contributed by atoms with E-state index in [4.69, 9.17) is 9.47 Å². The van der Waals surface area contributed by atoms with Gasteiger partial charge in [0.2, 0.25) is 0 Å². The zero-order valence-electron chi connectivity index (χ0n) is 18.7. The van der Waals surface area contributed by atoms with E-state index in [-0.39, 0.29) is 6.10 Å². The van der Waals surface area contributed by atoms with Gasteiger partial charge in [0.15, 0.2) is 6.61 Å². The third-order valence-electron chi connectivity index (χ3n) is 5.90. The number of carbonyl (C=O) groups excluding carboxylic acids is 2. The molecule has 0 aliphatic heterocycles. The zero-order chi connectivity index (χ0) is 23.1. The summed E-state index contributed by atoms with van der Waals surface area (Å²) in [7, 11) is 0. The average molecular weight is 452 g/mol. The number of rotatable bonds is 7. The van der Waals surface area contributed by atoms with Crippen LogP contribution in [0.25, 0.3) is 0 Å². The molecule has 1 aliphatic rings. The summed E-state index contributed by atoms with van der Waals surface area (Å²) in [5.74, 6) is 0.191. The molecule has 1 fully saturated rings. The van der Waals surface area contributed by atoms with Crippen LogP contribution in [-0.4, -0.2) is 24.6 Å². The summed E-state index contributed by atoms with van der Waals surface area (Å²) in [6, 6.07) is 16.4. The molecular weight excluding hydrogens is 422 g/mol. The molecule has 0 unspecified atom stereocenters. The summed E-state index contributed by atoms with van der Waals surface area (Å²) in [5, 5.41) is 9.32. The summed E-state index contributed by atoms with van der Waals surface area (Å²) in [4.78, 5) is 26.6. The van der Waals surface area contributed by atoms with Crippen molar-refractivity contribution < 1.29 is 19.1 Å². The number of nitriles is 1. The zero-order valence-corrected chi connectivity index (χ0v) is 19.6. The molecule has 0 heterocycles. The number of hydrogen-bond donors (Lipinski definition) is 0. The first-order valence-corrected chi connectivity index (χ1v) is 11.8. The second-order valence-electron chi connectivity index (χ2n) is 8.64. The fraction of sp³-hybridized carbons (Fsp3) is 0.423. The maximum Gasteiger partial charge on any atom is 0.344 e. The first-order valence-electron chi connectivity index (χ1n) is 11.0. The summed E-state index contributed by atoms with van der Waals surface area (Å²) in [6.07, 6.45) is 2.91. The highest BCUT2D eigenvalue weighted by Crippen LogP contribution is 2.35. The molecule has 5 nitrogen and oxygen atoms in total. The van der Waals surface area contributed by atoms with Crippen LogP contribution in [0.4, 0.5) is 0 Å². The Hall–Kier alpha value is -2.78. The molecule has 3 rings (SSSR count). The molecule has 0 aromatic heterocycles. The van der Waals surface area contributed by atoms with E-state index < -0.39 is 18.5 Å². The Labute approximate surface area is 194 Å². The normalized spacial score (nSPS) is 20.4. The van der Waals surface area contributed by atoms with Gasteiger partial charge < -0.3 is 9.47 Å². The van der Waals surface area contributed by atoms with Gasteiger partial charge >= 0.3 is 11.9 Å². The van der Waals surface area contributed by atoms with Gasteiger partial charge in [0.1, 0.15) is 12.2 Å². The van der Waals surface area contributed by atoms with E-state index >= 15 is 0 Å². The van der Waals surface area contributed by atoms with Crippen molar-refractivity contribution in [1.82, 2.24) is 0 Å². The summed E-state index contributed by atoms with van der Waals surface area (Å²) in [6.45, 7) is 6.07. The molecule has 0 spiro atoms. The minimum Gasteiger partial charge on any atom is -0.460 e. The molecule has 0 N–H and O–H groups in total. The van der Waals surface area contributed by atoms with Gasteiger partial charge in [-0.25, -0.2) is 9.59 Å². The number of ether oxygens (including phenoxy) is 2. The van der Waals surface area contributed by atoms with E-state index in [1.165, 1.54) is 11.8 Å². The molecule has 2 aromatic rings. The van der Waals surface area contributed by atoms with E-state index in [2.05, 4.69) is 26.8 Å². The fourth-order valence-corrected chi connectivity index (χ4v) is 5.16. The van der Waals surface area contributed by atoms with Crippen LogP contribution in [0.1, 0.15) is 56.0 Å². The highest BCUT2D eigenvalue weighted by atomic mass is 32.2. The quantitative estimate of drug-likeness (QED) is 0.490. The lowest BCUT2D eigenvalue weighted by molar-refractivity contribution is -0.159. The lowest BCUT2D eigenvalue weighted by atomic mass is 9.75. The molecule has 0 bridgehead atoms. The molecule has 0 radical (unpaired) electrons. The SMILES string of the molecule is CC(C)[C@H]1CC[C@H](C)C[C@H]1OC(=O)COC(=O)c1ccccc1Sc1ccccc1C#N. The smallest absolute Gasteiger partial charge is 0.344 e. The lowest BCUT2D eigenvalue weighted by Crippen LogP contribution is -2.36. The van der Waals surface area contributed by atoms with Crippen molar-refractivity contribution >= 4 is 23.7 Å². The van der Waals surface area contributed by atoms with E-state index in [0.717, 1.165) is 24.2 Å². The summed E-state index contributed by atoms with van der Waals surface area (Å²) < 4.78 is 11.0. The van der Waals surface area contributed by atoms with Crippen molar-refractivity contribution in [3.05, 3.63) is 59.7 Å². The number of nitrogens with zero attached hydrogens (tertiary/aromatic N) is 1. The predicted octanol–water partition coefficient (Wildman–Crippen LogP) is 5.87. The van der Waals surface area contributed by atoms with Crippen molar-refractivity contribution in [2.45, 2.75) is 55.9 Å². The maximum absolute atomic E-state index is 12.7. The Bertz CT molecular complexity index is 997. The molecule has 0 amide bonds. The lowest BCUT2D eigenvalue weighted by Gasteiger charge is -2.36. The fourth-order valence-electron chi connectivity index (χ4n) is 4.15. The first kappa shape index (κ1) is 23.9. The minimum atomic E-state index is -0.586. The van der Waals surface area contributed by atoms with Crippen LogP contribution in [-0.2, 0) is 14.3 Å². The van der Waals surface area contributed by atoms with E-state index in [9.17, 15) is 14.9 Å². The Morgan fingerprint density at radius 2 is 1.78 bits per heavy atom. The minimum absolute atomic E-state index is 0.129. The highest BCUT2D eigenvalue weighted by Gasteiger charge is 2.33. The predicted molar refractivity (Wildman–Crippen MR) is 123 cm³/mol. The summed E-state index contributed by atoms with van der Waals surface area (Å²) in [5.41, 5.74) is 0.884. The van der Waals surface area contributed by atoms with Crippen molar-refractivity contribution in [2.24, 2.45) is 17.8 Å². The van der Waals surface area contributed by atoms with Crippen molar-refractivity contribution in [3.8, 4) is 6.07 Å². The van der Waals surface area contributed by atoms with Gasteiger partial charge in [0, 0.05) is 9.79 Å². The third kappa shape index (κ3) is 6.14. The van der Waals surface area contributed by atoms with Crippen molar-refractivity contribution in [1.29, 1.82) is 5.26 Å². The number of benzene rings is 2. The van der Waals surface area contributed by atoms with Crippen LogP contribution in [0.2, 0.25) is 0 Å². The van der Waals surface area contributed by atoms with E-state index in [1.807, 2.05) is 18.2 Å². The van der Waals surface area contributed by atoms with Crippen molar-refractivity contribution in [2.75, 3.05) is 6.61 Å². The average Bonchev–Trinajstić information content (AvgIpc) is 2.78. The monoisotopic (exact) mass is 451 g/mol. The molecular formula is C26H29NO4S. The van der Waals surface area contributed by atoms with Crippen LogP contribution >= 0.6 is 11.8 Å². The molecule has 1 saturated carbocycles. The third-order valence-corrected chi connectivity index (χ3v) is 7.05. The Morgan fingerprint density at radius 1 is 1.09 bits per heavy atom. The van der Waals surface area contributed by atoms with Crippen LogP contribution in [0.3, 0.4) is 0 Å². The largest absolute Gasteiger partial charge is 0.460 e. The molecule has 6 heteroatoms. The summed E-state index contributed by atoms with van der Waals surface area (Å²) >= 11 is 1.32. The molecule has 168 valence electrons. The van der Waals surface area contributed by atoms with Gasteiger partial charge in [-0.15, -0.1) is 0 Å². The molecule has 1 aliphatic carbocycles. The number of hydrogen-bond acceptors (Lipinski definition) is 6. The molecule has 32 heavy (non-hydrogen) atoms. The van der Waals surface area contributed by atoms with Gasteiger partial charge in [0.05, 0.1) is 11.1 Å². The van der Waals surface area contributed by atoms with E-state index in [1.54, 1.807) is 30.3 Å². The standard InChI is InChI=1S/C26H29NO4S/c1-17(2)20-13-12-18(3)14-22(20)31-25(28)16-30-26(29)21-9-5-7-11-24(21)32-23-10-6-4-8-19(23)15-27/h4-11,17-18,20,22H,12-14,16H2,1-3H3/t18-,20+,22+/m0/s1. The van der Waals surface area contributed by atoms with Gasteiger partial charge in [-0.3, -0.25) is 0 Å². The first-order chi connectivity index (χ1) is 15.4. The van der Waals surface area contributed by atoms with Crippen LogP contribution < -0.4 is 0 Å². The Morgan fingerprint density at radius 3 is 2.50 bits per heavy atom. The maximum atomic E-state index is 12.7. The number of carbonyl (C=O) groups is 2. The molecule has 3 atom stereocenters. The van der Waals surface area contributed by atoms with Gasteiger partial charge in [-0.1, -0.05) is 63.2 Å². The van der Waals surface area contributed by atoms with Crippen LogP contribution in [0.15, 0.2) is 58.3 Å². The molecule has 0 saturated heterocycles. The van der Waals surface area contributed by atoms with Gasteiger partial charge in [-0.05, 0) is 54.9 Å². The highest BCUT2D eigenvalue weighted by molar-refractivity contribution is 7.99. The van der Waals surface area contributed by atoms with Gasteiger partial charge in [0.25, 0.3) is 0 Å².